The van der Waals surface area contributed by atoms with Gasteiger partial charge in [-0.25, -0.2) is 9.97 Å². The summed E-state index contributed by atoms with van der Waals surface area (Å²) >= 11 is 0. The summed E-state index contributed by atoms with van der Waals surface area (Å²) in [7, 11) is 0. The molecule has 0 saturated heterocycles. The van der Waals surface area contributed by atoms with E-state index in [1.807, 2.05) is 18.6 Å². The highest BCUT2D eigenvalue weighted by Gasteiger charge is 2.26. The fourth-order valence-corrected chi connectivity index (χ4v) is 2.41. The molecular weight excluding hydrogens is 212 g/mol. The Labute approximate surface area is 101 Å². The summed E-state index contributed by atoms with van der Waals surface area (Å²) in [6, 6.07) is 4.27. The zero-order chi connectivity index (χ0) is 12.0. The molecule has 0 spiro atoms. The molecule has 2 aromatic heterocycles. The number of anilines is 1. The third kappa shape index (κ3) is 1.44. The smallest absolute Gasteiger partial charge is 0.150 e. The van der Waals surface area contributed by atoms with Crippen molar-refractivity contribution in [3.05, 3.63) is 36.0 Å². The van der Waals surface area contributed by atoms with Gasteiger partial charge >= 0.3 is 0 Å². The number of pyridine rings is 1. The molecule has 1 aliphatic rings. The Hall–Kier alpha value is -1.84. The van der Waals surface area contributed by atoms with Crippen molar-refractivity contribution in [3.8, 4) is 5.69 Å². The zero-order valence-corrected chi connectivity index (χ0v) is 10.3. The van der Waals surface area contributed by atoms with E-state index in [2.05, 4.69) is 46.7 Å². The van der Waals surface area contributed by atoms with Crippen LogP contribution in [0.2, 0.25) is 0 Å². The molecule has 0 saturated carbocycles. The monoisotopic (exact) mass is 228 g/mol. The topological polar surface area (TPSA) is 42.7 Å². The second-order valence-electron chi connectivity index (χ2n) is 4.78. The lowest BCUT2D eigenvalue weighted by atomic mass is 10.0. The summed E-state index contributed by atoms with van der Waals surface area (Å²) in [6.45, 7) is 6.50. The maximum atomic E-state index is 4.54. The standard InChI is InChI=1S/C13H16N4/c1-8(2)11-12-9(3)16-13-10(5-4-6-14-13)17(12)7-15-11/h4-9H,1-3H3,(H,14,16). The van der Waals surface area contributed by atoms with Crippen LogP contribution in [0, 0.1) is 0 Å². The first kappa shape index (κ1) is 10.3. The van der Waals surface area contributed by atoms with Crippen LogP contribution in [-0.4, -0.2) is 14.5 Å². The Kier molecular flexibility index (Phi) is 2.18. The molecule has 4 heteroatoms. The summed E-state index contributed by atoms with van der Waals surface area (Å²) in [5.74, 6) is 1.37. The molecule has 0 fully saturated rings. The minimum Gasteiger partial charge on any atom is -0.360 e. The summed E-state index contributed by atoms with van der Waals surface area (Å²) in [5.41, 5.74) is 3.50. The van der Waals surface area contributed by atoms with Gasteiger partial charge in [0.25, 0.3) is 0 Å². The highest BCUT2D eigenvalue weighted by Crippen LogP contribution is 2.34. The summed E-state index contributed by atoms with van der Waals surface area (Å²) in [6.07, 6.45) is 3.71. The van der Waals surface area contributed by atoms with Crippen molar-refractivity contribution >= 4 is 5.82 Å². The van der Waals surface area contributed by atoms with Crippen LogP contribution >= 0.6 is 0 Å². The SMILES string of the molecule is CC(C)c1ncn2c1C(C)Nc1ncccc1-2. The van der Waals surface area contributed by atoms with Gasteiger partial charge in [0, 0.05) is 6.20 Å². The van der Waals surface area contributed by atoms with Crippen LogP contribution in [0.25, 0.3) is 5.69 Å². The summed E-state index contributed by atoms with van der Waals surface area (Å²) in [5, 5.41) is 3.43. The number of fused-ring (bicyclic) bond motifs is 3. The molecule has 17 heavy (non-hydrogen) atoms. The zero-order valence-electron chi connectivity index (χ0n) is 10.3. The molecule has 3 heterocycles. The van der Waals surface area contributed by atoms with E-state index in [1.165, 1.54) is 11.4 Å². The Morgan fingerprint density at radius 3 is 2.94 bits per heavy atom. The van der Waals surface area contributed by atoms with Gasteiger partial charge in [-0.3, -0.25) is 4.57 Å². The molecule has 1 N–H and O–H groups in total. The molecule has 0 amide bonds. The van der Waals surface area contributed by atoms with Crippen molar-refractivity contribution in [1.29, 1.82) is 0 Å². The van der Waals surface area contributed by atoms with Crippen LogP contribution in [0.15, 0.2) is 24.7 Å². The van der Waals surface area contributed by atoms with Crippen LogP contribution in [0.5, 0.6) is 0 Å². The van der Waals surface area contributed by atoms with Gasteiger partial charge in [0.2, 0.25) is 0 Å². The van der Waals surface area contributed by atoms with Gasteiger partial charge in [-0.05, 0) is 25.0 Å². The van der Waals surface area contributed by atoms with Crippen LogP contribution in [0.1, 0.15) is 44.1 Å². The molecule has 0 radical (unpaired) electrons. The van der Waals surface area contributed by atoms with E-state index in [9.17, 15) is 0 Å². The molecule has 0 aromatic carbocycles. The van der Waals surface area contributed by atoms with Gasteiger partial charge in [0.15, 0.2) is 5.82 Å². The maximum Gasteiger partial charge on any atom is 0.150 e. The van der Waals surface area contributed by atoms with Crippen molar-refractivity contribution in [2.45, 2.75) is 32.7 Å². The van der Waals surface area contributed by atoms with Crippen molar-refractivity contribution in [2.75, 3.05) is 5.32 Å². The van der Waals surface area contributed by atoms with Gasteiger partial charge < -0.3 is 5.32 Å². The minimum atomic E-state index is 0.247. The van der Waals surface area contributed by atoms with E-state index in [-0.39, 0.29) is 6.04 Å². The van der Waals surface area contributed by atoms with Crippen molar-refractivity contribution < 1.29 is 0 Å². The number of imidazole rings is 1. The number of rotatable bonds is 1. The maximum absolute atomic E-state index is 4.54. The fourth-order valence-electron chi connectivity index (χ4n) is 2.41. The molecule has 0 bridgehead atoms. The van der Waals surface area contributed by atoms with Gasteiger partial charge in [-0.15, -0.1) is 0 Å². The third-order valence-electron chi connectivity index (χ3n) is 3.19. The molecule has 4 nitrogen and oxygen atoms in total. The van der Waals surface area contributed by atoms with E-state index >= 15 is 0 Å². The fraction of sp³-hybridized carbons (Fsp3) is 0.385. The van der Waals surface area contributed by atoms with Gasteiger partial charge in [-0.1, -0.05) is 13.8 Å². The number of aromatic nitrogens is 3. The molecule has 3 rings (SSSR count). The highest BCUT2D eigenvalue weighted by atomic mass is 15.2. The highest BCUT2D eigenvalue weighted by molar-refractivity contribution is 5.60. The van der Waals surface area contributed by atoms with Gasteiger partial charge in [-0.2, -0.15) is 0 Å². The van der Waals surface area contributed by atoms with Gasteiger partial charge in [0.05, 0.1) is 29.4 Å². The first-order chi connectivity index (χ1) is 8.18. The van der Waals surface area contributed by atoms with E-state index in [1.54, 1.807) is 0 Å². The van der Waals surface area contributed by atoms with E-state index in [0.29, 0.717) is 5.92 Å². The first-order valence-corrected chi connectivity index (χ1v) is 5.97. The molecular formula is C13H16N4. The molecule has 1 unspecified atom stereocenters. The van der Waals surface area contributed by atoms with Crippen molar-refractivity contribution in [2.24, 2.45) is 0 Å². The lowest BCUT2D eigenvalue weighted by Crippen LogP contribution is -2.21. The second-order valence-corrected chi connectivity index (χ2v) is 4.78. The number of nitrogens with zero attached hydrogens (tertiary/aromatic N) is 3. The summed E-state index contributed by atoms with van der Waals surface area (Å²) in [4.78, 5) is 8.90. The Balaban J connectivity index is 2.24. The number of hydrogen-bond donors (Lipinski definition) is 1. The van der Waals surface area contributed by atoms with E-state index in [4.69, 9.17) is 0 Å². The second kappa shape index (κ2) is 3.58. The first-order valence-electron chi connectivity index (χ1n) is 5.97. The average Bonchev–Trinajstić information content (AvgIpc) is 2.74. The Morgan fingerprint density at radius 1 is 1.35 bits per heavy atom. The molecule has 1 atom stereocenters. The van der Waals surface area contributed by atoms with Crippen LogP contribution in [0.4, 0.5) is 5.82 Å². The predicted octanol–water partition coefficient (Wildman–Crippen LogP) is 2.88. The number of nitrogens with one attached hydrogen (secondary N) is 1. The van der Waals surface area contributed by atoms with Crippen molar-refractivity contribution in [3.63, 3.8) is 0 Å². The van der Waals surface area contributed by atoms with Crippen LogP contribution in [-0.2, 0) is 0 Å². The van der Waals surface area contributed by atoms with Crippen LogP contribution in [0.3, 0.4) is 0 Å². The quantitative estimate of drug-likeness (QED) is 0.816. The van der Waals surface area contributed by atoms with E-state index in [0.717, 1.165) is 11.5 Å². The van der Waals surface area contributed by atoms with Crippen molar-refractivity contribution in [1.82, 2.24) is 14.5 Å². The lowest BCUT2D eigenvalue weighted by molar-refractivity contribution is 0.724. The average molecular weight is 228 g/mol. The minimum absolute atomic E-state index is 0.247. The predicted molar refractivity (Wildman–Crippen MR) is 67.5 cm³/mol. The molecule has 88 valence electrons. The summed E-state index contributed by atoms with van der Waals surface area (Å²) < 4.78 is 2.15. The molecule has 1 aliphatic heterocycles. The molecule has 2 aromatic rings. The van der Waals surface area contributed by atoms with Gasteiger partial charge in [0.1, 0.15) is 0 Å². The molecule has 0 aliphatic carbocycles. The third-order valence-corrected chi connectivity index (χ3v) is 3.19. The Morgan fingerprint density at radius 2 is 2.18 bits per heavy atom. The largest absolute Gasteiger partial charge is 0.360 e. The van der Waals surface area contributed by atoms with E-state index < -0.39 is 0 Å². The number of hydrogen-bond acceptors (Lipinski definition) is 3. The van der Waals surface area contributed by atoms with Crippen LogP contribution < -0.4 is 5.32 Å². The lowest BCUT2D eigenvalue weighted by Gasteiger charge is -2.26. The Bertz CT molecular complexity index is 556. The normalized spacial score (nSPS) is 17.5.